The molecule has 0 aromatic heterocycles. The summed E-state index contributed by atoms with van der Waals surface area (Å²) in [5, 5.41) is 22.5. The van der Waals surface area contributed by atoms with Crippen molar-refractivity contribution in [3.63, 3.8) is 0 Å². The minimum Gasteiger partial charge on any atom is -0.490 e. The van der Waals surface area contributed by atoms with Gasteiger partial charge in [-0.2, -0.15) is 23.5 Å². The molecule has 0 bridgehead atoms. The fourth-order valence-corrected chi connectivity index (χ4v) is 2.97. The predicted octanol–water partition coefficient (Wildman–Crippen LogP) is 2.61. The van der Waals surface area contributed by atoms with Gasteiger partial charge in [-0.25, -0.2) is 0 Å². The SMILES string of the molecule is CN/N=C(\C=N)C(=O)NC1CCC(Oc2ccc(C#N)c(C(F)(F)F)c2)CC1. The molecule has 1 aromatic rings. The predicted molar refractivity (Wildman–Crippen MR) is 96.3 cm³/mol. The van der Waals surface area contributed by atoms with E-state index < -0.39 is 23.2 Å². The van der Waals surface area contributed by atoms with Crippen molar-refractivity contribution in [3.8, 4) is 11.8 Å². The molecule has 3 N–H and O–H groups in total. The van der Waals surface area contributed by atoms with Crippen molar-refractivity contribution in [2.24, 2.45) is 5.10 Å². The average molecular weight is 395 g/mol. The fraction of sp³-hybridized carbons (Fsp3) is 0.444. The number of hydrogen-bond donors (Lipinski definition) is 3. The van der Waals surface area contributed by atoms with Gasteiger partial charge in [0.2, 0.25) is 0 Å². The van der Waals surface area contributed by atoms with Crippen LogP contribution in [0.2, 0.25) is 0 Å². The molecule has 0 saturated heterocycles. The monoisotopic (exact) mass is 395 g/mol. The molecule has 1 aliphatic carbocycles. The Hall–Kier alpha value is -3.09. The van der Waals surface area contributed by atoms with Crippen LogP contribution < -0.4 is 15.5 Å². The Morgan fingerprint density at radius 1 is 1.36 bits per heavy atom. The first-order chi connectivity index (χ1) is 13.3. The first kappa shape index (κ1) is 21.2. The van der Waals surface area contributed by atoms with E-state index in [0.29, 0.717) is 25.7 Å². The molecule has 0 spiro atoms. The Morgan fingerprint density at radius 3 is 2.57 bits per heavy atom. The molecular formula is C18H20F3N5O2. The van der Waals surface area contributed by atoms with E-state index in [1.807, 2.05) is 0 Å². The number of benzene rings is 1. The highest BCUT2D eigenvalue weighted by Crippen LogP contribution is 2.35. The quantitative estimate of drug-likeness (QED) is 0.508. The summed E-state index contributed by atoms with van der Waals surface area (Å²) in [6, 6.07) is 4.71. The van der Waals surface area contributed by atoms with Crippen molar-refractivity contribution >= 4 is 17.8 Å². The number of amides is 1. The first-order valence-corrected chi connectivity index (χ1v) is 8.62. The number of nitrogens with zero attached hydrogens (tertiary/aromatic N) is 2. The summed E-state index contributed by atoms with van der Waals surface area (Å²) < 4.78 is 44.8. The fourth-order valence-electron chi connectivity index (χ4n) is 2.97. The maximum Gasteiger partial charge on any atom is 0.417 e. The Bertz CT molecular complexity index is 793. The standard InChI is InChI=1S/C18H20F3N5O2/c1-24-26-16(10-23)17(27)25-12-3-6-13(7-4-12)28-14-5-2-11(9-22)15(8-14)18(19,20)21/h2,5,8,10,12-13,23-24H,3-4,6-7H2,1H3,(H,25,27)/b23-10?,26-16+. The zero-order valence-corrected chi connectivity index (χ0v) is 15.1. The number of ether oxygens (including phenoxy) is 1. The van der Waals surface area contributed by atoms with Crippen LogP contribution in [0.3, 0.4) is 0 Å². The van der Waals surface area contributed by atoms with Crippen LogP contribution >= 0.6 is 0 Å². The highest BCUT2D eigenvalue weighted by Gasteiger charge is 2.34. The van der Waals surface area contributed by atoms with Crippen molar-refractivity contribution in [2.45, 2.75) is 44.0 Å². The zero-order valence-electron chi connectivity index (χ0n) is 15.1. The molecule has 1 saturated carbocycles. The first-order valence-electron chi connectivity index (χ1n) is 8.62. The maximum absolute atomic E-state index is 13.0. The van der Waals surface area contributed by atoms with Crippen molar-refractivity contribution in [3.05, 3.63) is 29.3 Å². The Morgan fingerprint density at radius 2 is 2.04 bits per heavy atom. The van der Waals surface area contributed by atoms with E-state index in [1.54, 1.807) is 0 Å². The Balaban J connectivity index is 1.94. The van der Waals surface area contributed by atoms with E-state index in [0.717, 1.165) is 18.3 Å². The number of carbonyl (C=O) groups is 1. The van der Waals surface area contributed by atoms with E-state index in [1.165, 1.54) is 19.2 Å². The van der Waals surface area contributed by atoms with E-state index in [-0.39, 0.29) is 23.6 Å². The molecule has 1 aromatic carbocycles. The molecule has 0 atom stereocenters. The van der Waals surface area contributed by atoms with Crippen LogP contribution in [-0.2, 0) is 11.0 Å². The van der Waals surface area contributed by atoms with Crippen LogP contribution in [0, 0.1) is 16.7 Å². The number of hydrogen-bond acceptors (Lipinski definition) is 6. The molecule has 7 nitrogen and oxygen atoms in total. The van der Waals surface area contributed by atoms with Crippen LogP contribution in [0.25, 0.3) is 0 Å². The van der Waals surface area contributed by atoms with Gasteiger partial charge in [0.25, 0.3) is 5.91 Å². The normalized spacial score (nSPS) is 20.0. The third-order valence-corrected chi connectivity index (χ3v) is 4.33. The lowest BCUT2D eigenvalue weighted by Crippen LogP contribution is -2.43. The third-order valence-electron chi connectivity index (χ3n) is 4.33. The summed E-state index contributed by atoms with van der Waals surface area (Å²) in [5.74, 6) is -0.401. The van der Waals surface area contributed by atoms with Crippen molar-refractivity contribution in [2.75, 3.05) is 7.05 Å². The lowest BCUT2D eigenvalue weighted by Gasteiger charge is -2.29. The van der Waals surface area contributed by atoms with E-state index in [2.05, 4.69) is 15.8 Å². The minimum absolute atomic E-state index is 0.0434. The number of alkyl halides is 3. The van der Waals surface area contributed by atoms with E-state index in [9.17, 15) is 18.0 Å². The van der Waals surface area contributed by atoms with E-state index >= 15 is 0 Å². The summed E-state index contributed by atoms with van der Waals surface area (Å²) >= 11 is 0. The number of nitrogens with one attached hydrogen (secondary N) is 3. The summed E-state index contributed by atoms with van der Waals surface area (Å²) in [5.41, 5.74) is 0.942. The molecule has 0 aliphatic heterocycles. The molecule has 0 unspecified atom stereocenters. The van der Waals surface area contributed by atoms with Gasteiger partial charge in [-0.15, -0.1) is 0 Å². The lowest BCUT2D eigenvalue weighted by molar-refractivity contribution is -0.137. The second-order valence-electron chi connectivity index (χ2n) is 6.25. The second-order valence-corrected chi connectivity index (χ2v) is 6.25. The topological polar surface area (TPSA) is 110 Å². The molecule has 1 aliphatic rings. The van der Waals surface area contributed by atoms with Gasteiger partial charge < -0.3 is 20.9 Å². The molecule has 1 amide bonds. The number of nitriles is 1. The van der Waals surface area contributed by atoms with Crippen LogP contribution in [0.1, 0.15) is 36.8 Å². The molecule has 0 heterocycles. The average Bonchev–Trinajstić information content (AvgIpc) is 2.66. The molecule has 2 rings (SSSR count). The van der Waals surface area contributed by atoms with Gasteiger partial charge in [-0.3, -0.25) is 4.79 Å². The van der Waals surface area contributed by atoms with Gasteiger partial charge in [0.1, 0.15) is 5.75 Å². The number of hydrazone groups is 1. The van der Waals surface area contributed by atoms with Crippen molar-refractivity contribution < 1.29 is 22.7 Å². The van der Waals surface area contributed by atoms with E-state index in [4.69, 9.17) is 15.4 Å². The third kappa shape index (κ3) is 5.45. The molecule has 150 valence electrons. The summed E-state index contributed by atoms with van der Waals surface area (Å²) in [6.45, 7) is 0. The van der Waals surface area contributed by atoms with Crippen molar-refractivity contribution in [1.82, 2.24) is 10.7 Å². The molecule has 28 heavy (non-hydrogen) atoms. The highest BCUT2D eigenvalue weighted by atomic mass is 19.4. The number of halogens is 3. The van der Waals surface area contributed by atoms with Crippen molar-refractivity contribution in [1.29, 1.82) is 10.7 Å². The number of carbonyl (C=O) groups excluding carboxylic acids is 1. The smallest absolute Gasteiger partial charge is 0.417 e. The van der Waals surface area contributed by atoms with Crippen LogP contribution in [0.15, 0.2) is 23.3 Å². The largest absolute Gasteiger partial charge is 0.490 e. The van der Waals surface area contributed by atoms with Gasteiger partial charge in [0.05, 0.1) is 29.5 Å². The molecular weight excluding hydrogens is 375 g/mol. The number of rotatable bonds is 6. The van der Waals surface area contributed by atoms with Crippen LogP contribution in [0.4, 0.5) is 13.2 Å². The molecule has 0 radical (unpaired) electrons. The lowest BCUT2D eigenvalue weighted by atomic mass is 9.92. The highest BCUT2D eigenvalue weighted by molar-refractivity contribution is 6.60. The van der Waals surface area contributed by atoms with Crippen LogP contribution in [-0.4, -0.2) is 37.0 Å². The summed E-state index contributed by atoms with van der Waals surface area (Å²) in [4.78, 5) is 12.0. The van der Waals surface area contributed by atoms with Gasteiger partial charge in [0.15, 0.2) is 5.71 Å². The molecule has 10 heteroatoms. The zero-order chi connectivity index (χ0) is 20.7. The van der Waals surface area contributed by atoms with Gasteiger partial charge in [-0.05, 0) is 43.9 Å². The Kier molecular flexibility index (Phi) is 6.98. The van der Waals surface area contributed by atoms with Gasteiger partial charge in [-0.1, -0.05) is 0 Å². The Labute approximate surface area is 160 Å². The van der Waals surface area contributed by atoms with Crippen LogP contribution in [0.5, 0.6) is 5.75 Å². The summed E-state index contributed by atoms with van der Waals surface area (Å²) in [6.07, 6.45) is -1.79. The summed E-state index contributed by atoms with van der Waals surface area (Å²) in [7, 11) is 1.52. The van der Waals surface area contributed by atoms with Gasteiger partial charge >= 0.3 is 6.18 Å². The minimum atomic E-state index is -4.63. The second kappa shape index (κ2) is 9.21. The van der Waals surface area contributed by atoms with Gasteiger partial charge in [0, 0.05) is 13.1 Å². The molecule has 1 fully saturated rings. The maximum atomic E-state index is 13.0.